The fourth-order valence-corrected chi connectivity index (χ4v) is 2.49. The van der Waals surface area contributed by atoms with Crippen molar-refractivity contribution in [1.29, 1.82) is 0 Å². The molecule has 0 amide bonds. The monoisotopic (exact) mass is 257 g/mol. The van der Waals surface area contributed by atoms with Crippen molar-refractivity contribution in [2.75, 3.05) is 23.7 Å². The Labute approximate surface area is 113 Å². The summed E-state index contributed by atoms with van der Waals surface area (Å²) in [6, 6.07) is 8.12. The lowest BCUT2D eigenvalue weighted by atomic mass is 10.1. The van der Waals surface area contributed by atoms with Crippen LogP contribution in [0.1, 0.15) is 24.8 Å². The van der Waals surface area contributed by atoms with Gasteiger partial charge in [0.2, 0.25) is 11.9 Å². The molecule has 1 fully saturated rings. The molecule has 0 spiro atoms. The van der Waals surface area contributed by atoms with E-state index in [9.17, 15) is 0 Å². The second kappa shape index (κ2) is 4.91. The van der Waals surface area contributed by atoms with E-state index in [2.05, 4.69) is 34.0 Å². The van der Waals surface area contributed by atoms with E-state index in [1.165, 1.54) is 24.8 Å². The van der Waals surface area contributed by atoms with E-state index >= 15 is 0 Å². The summed E-state index contributed by atoms with van der Waals surface area (Å²) < 4.78 is 1.72. The summed E-state index contributed by atoms with van der Waals surface area (Å²) in [5, 5.41) is 4.55. The minimum absolute atomic E-state index is 0.450. The van der Waals surface area contributed by atoms with Gasteiger partial charge in [0.15, 0.2) is 0 Å². The molecule has 100 valence electrons. The molecule has 2 heterocycles. The molecular weight excluding hydrogens is 238 g/mol. The summed E-state index contributed by atoms with van der Waals surface area (Å²) in [6.45, 7) is 4.11. The van der Waals surface area contributed by atoms with Crippen LogP contribution in [-0.2, 0) is 0 Å². The van der Waals surface area contributed by atoms with Crippen LogP contribution in [0.2, 0.25) is 0 Å². The lowest BCUT2D eigenvalue weighted by Gasteiger charge is -2.24. The van der Waals surface area contributed by atoms with Gasteiger partial charge in [-0.3, -0.25) is 0 Å². The average Bonchev–Trinajstić information content (AvgIpc) is 2.82. The molecule has 1 saturated heterocycles. The Hall–Kier alpha value is -2.04. The van der Waals surface area contributed by atoms with Crippen molar-refractivity contribution in [2.24, 2.45) is 0 Å². The summed E-state index contributed by atoms with van der Waals surface area (Å²) in [6.07, 6.45) is 3.71. The zero-order valence-corrected chi connectivity index (χ0v) is 11.2. The molecule has 0 radical (unpaired) electrons. The number of aryl methyl sites for hydroxylation is 1. The molecule has 2 aromatic rings. The number of rotatable bonds is 2. The van der Waals surface area contributed by atoms with Crippen molar-refractivity contribution in [3.63, 3.8) is 0 Å². The maximum Gasteiger partial charge on any atom is 0.246 e. The van der Waals surface area contributed by atoms with Gasteiger partial charge in [0.05, 0.1) is 5.69 Å². The SMILES string of the molecule is Cc1cccc(-n2nc(N3CCCCC3)nc2N)c1. The highest BCUT2D eigenvalue weighted by atomic mass is 15.5. The summed E-state index contributed by atoms with van der Waals surface area (Å²) in [5.74, 6) is 1.20. The number of benzene rings is 1. The lowest BCUT2D eigenvalue weighted by Crippen LogP contribution is -2.30. The highest BCUT2D eigenvalue weighted by Crippen LogP contribution is 2.20. The van der Waals surface area contributed by atoms with Crippen LogP contribution in [0, 0.1) is 6.92 Å². The van der Waals surface area contributed by atoms with E-state index in [1.807, 2.05) is 12.1 Å². The molecule has 0 bridgehead atoms. The van der Waals surface area contributed by atoms with Crippen molar-refractivity contribution in [2.45, 2.75) is 26.2 Å². The van der Waals surface area contributed by atoms with Crippen LogP contribution in [0.25, 0.3) is 5.69 Å². The molecule has 1 aromatic heterocycles. The van der Waals surface area contributed by atoms with Gasteiger partial charge in [-0.15, -0.1) is 5.10 Å². The number of hydrogen-bond donors (Lipinski definition) is 1. The van der Waals surface area contributed by atoms with Crippen LogP contribution in [0.15, 0.2) is 24.3 Å². The van der Waals surface area contributed by atoms with Crippen molar-refractivity contribution in [3.8, 4) is 5.69 Å². The maximum absolute atomic E-state index is 5.99. The first-order valence-electron chi connectivity index (χ1n) is 6.78. The predicted octanol–water partition coefficient (Wildman–Crippen LogP) is 2.15. The van der Waals surface area contributed by atoms with Crippen molar-refractivity contribution >= 4 is 11.9 Å². The number of hydrogen-bond acceptors (Lipinski definition) is 4. The third-order valence-electron chi connectivity index (χ3n) is 3.51. The van der Waals surface area contributed by atoms with Crippen LogP contribution in [0.5, 0.6) is 0 Å². The standard InChI is InChI=1S/C14H19N5/c1-11-6-5-7-12(10-11)19-13(15)16-14(17-19)18-8-3-2-4-9-18/h5-7,10H,2-4,8-9H2,1H3,(H2,15,16,17). The maximum atomic E-state index is 5.99. The molecule has 0 unspecified atom stereocenters. The van der Waals surface area contributed by atoms with E-state index in [4.69, 9.17) is 5.73 Å². The van der Waals surface area contributed by atoms with E-state index in [0.29, 0.717) is 5.95 Å². The Morgan fingerprint density at radius 3 is 2.68 bits per heavy atom. The van der Waals surface area contributed by atoms with Gasteiger partial charge in [0, 0.05) is 13.1 Å². The van der Waals surface area contributed by atoms with E-state index < -0.39 is 0 Å². The molecule has 0 atom stereocenters. The van der Waals surface area contributed by atoms with Gasteiger partial charge in [-0.1, -0.05) is 12.1 Å². The number of nitrogens with zero attached hydrogens (tertiary/aromatic N) is 4. The zero-order valence-electron chi connectivity index (χ0n) is 11.2. The van der Waals surface area contributed by atoms with Crippen LogP contribution >= 0.6 is 0 Å². The molecule has 5 heteroatoms. The highest BCUT2D eigenvalue weighted by Gasteiger charge is 2.17. The molecule has 3 rings (SSSR count). The average molecular weight is 257 g/mol. The second-order valence-corrected chi connectivity index (χ2v) is 5.07. The quantitative estimate of drug-likeness (QED) is 0.895. The van der Waals surface area contributed by atoms with Gasteiger partial charge in [-0.2, -0.15) is 9.67 Å². The van der Waals surface area contributed by atoms with E-state index in [-0.39, 0.29) is 0 Å². The van der Waals surface area contributed by atoms with Crippen molar-refractivity contribution < 1.29 is 0 Å². The Kier molecular flexibility index (Phi) is 3.11. The summed E-state index contributed by atoms with van der Waals surface area (Å²) in [4.78, 5) is 6.61. The first kappa shape index (κ1) is 12.0. The largest absolute Gasteiger partial charge is 0.368 e. The third-order valence-corrected chi connectivity index (χ3v) is 3.51. The van der Waals surface area contributed by atoms with Crippen LogP contribution in [0.3, 0.4) is 0 Å². The minimum Gasteiger partial charge on any atom is -0.368 e. The second-order valence-electron chi connectivity index (χ2n) is 5.07. The van der Waals surface area contributed by atoms with Gasteiger partial charge in [-0.05, 0) is 43.9 Å². The number of nitrogens with two attached hydrogens (primary N) is 1. The van der Waals surface area contributed by atoms with Gasteiger partial charge >= 0.3 is 0 Å². The van der Waals surface area contributed by atoms with Crippen LogP contribution < -0.4 is 10.6 Å². The summed E-state index contributed by atoms with van der Waals surface area (Å²) >= 11 is 0. The molecule has 1 aromatic carbocycles. The predicted molar refractivity (Wildman–Crippen MR) is 76.6 cm³/mol. The van der Waals surface area contributed by atoms with Crippen LogP contribution in [-0.4, -0.2) is 27.9 Å². The van der Waals surface area contributed by atoms with Gasteiger partial charge in [0.25, 0.3) is 0 Å². The van der Waals surface area contributed by atoms with Gasteiger partial charge in [-0.25, -0.2) is 0 Å². The molecule has 0 saturated carbocycles. The molecule has 19 heavy (non-hydrogen) atoms. The Morgan fingerprint density at radius 1 is 1.16 bits per heavy atom. The smallest absolute Gasteiger partial charge is 0.246 e. The van der Waals surface area contributed by atoms with E-state index in [0.717, 1.165) is 24.7 Å². The minimum atomic E-state index is 0.450. The number of anilines is 2. The lowest BCUT2D eigenvalue weighted by molar-refractivity contribution is 0.568. The Morgan fingerprint density at radius 2 is 1.95 bits per heavy atom. The summed E-state index contributed by atoms with van der Waals surface area (Å²) in [7, 11) is 0. The fourth-order valence-electron chi connectivity index (χ4n) is 2.49. The number of aromatic nitrogens is 3. The zero-order chi connectivity index (χ0) is 13.2. The van der Waals surface area contributed by atoms with Crippen molar-refractivity contribution in [3.05, 3.63) is 29.8 Å². The normalized spacial score (nSPS) is 15.7. The van der Waals surface area contributed by atoms with Crippen LogP contribution in [0.4, 0.5) is 11.9 Å². The molecule has 2 N–H and O–H groups in total. The van der Waals surface area contributed by atoms with Crippen molar-refractivity contribution in [1.82, 2.24) is 14.8 Å². The molecule has 5 nitrogen and oxygen atoms in total. The fraction of sp³-hybridized carbons (Fsp3) is 0.429. The summed E-state index contributed by atoms with van der Waals surface area (Å²) in [5.41, 5.74) is 8.15. The van der Waals surface area contributed by atoms with Gasteiger partial charge < -0.3 is 10.6 Å². The number of nitrogen functional groups attached to an aromatic ring is 1. The molecule has 0 aliphatic carbocycles. The highest BCUT2D eigenvalue weighted by molar-refractivity contribution is 5.44. The molecule has 1 aliphatic heterocycles. The van der Waals surface area contributed by atoms with Gasteiger partial charge in [0.1, 0.15) is 0 Å². The Bertz CT molecular complexity index is 569. The molecule has 1 aliphatic rings. The first-order valence-corrected chi connectivity index (χ1v) is 6.78. The topological polar surface area (TPSA) is 60.0 Å². The third kappa shape index (κ3) is 2.41. The number of piperidine rings is 1. The molecular formula is C14H19N5. The first-order chi connectivity index (χ1) is 9.24. The Balaban J connectivity index is 1.92. The van der Waals surface area contributed by atoms with E-state index in [1.54, 1.807) is 4.68 Å².